The zero-order valence-corrected chi connectivity index (χ0v) is 10.3. The maximum Gasteiger partial charge on any atom is 0.0624 e. The first-order valence-electron chi connectivity index (χ1n) is 4.80. The van der Waals surface area contributed by atoms with E-state index in [1.807, 2.05) is 25.1 Å². The van der Waals surface area contributed by atoms with Crippen LogP contribution in [0, 0.1) is 6.92 Å². The van der Waals surface area contributed by atoms with Crippen molar-refractivity contribution >= 4 is 23.2 Å². The van der Waals surface area contributed by atoms with E-state index >= 15 is 0 Å². The molecule has 0 aliphatic carbocycles. The van der Waals surface area contributed by atoms with E-state index in [0.29, 0.717) is 10.0 Å². The van der Waals surface area contributed by atoms with Crippen molar-refractivity contribution in [3.63, 3.8) is 0 Å². The average molecular weight is 241 g/mol. The highest BCUT2D eigenvalue weighted by Crippen LogP contribution is 2.31. The Labute approximate surface area is 101 Å². The van der Waals surface area contributed by atoms with Crippen LogP contribution in [0.15, 0.2) is 31.4 Å². The number of rotatable bonds is 4. The molecule has 0 amide bonds. The third-order valence-corrected chi connectivity index (χ3v) is 3.27. The molecule has 0 heterocycles. The summed E-state index contributed by atoms with van der Waals surface area (Å²) in [6.45, 7) is 9.47. The van der Waals surface area contributed by atoms with Gasteiger partial charge in [0.15, 0.2) is 0 Å². The lowest BCUT2D eigenvalue weighted by Gasteiger charge is -2.13. The van der Waals surface area contributed by atoms with E-state index in [1.54, 1.807) is 0 Å². The molecule has 0 aliphatic rings. The molecule has 0 N–H and O–H groups in total. The zero-order valence-electron chi connectivity index (χ0n) is 8.82. The third-order valence-electron chi connectivity index (χ3n) is 2.39. The number of benzene rings is 1. The Bertz CT molecular complexity index is 392. The van der Waals surface area contributed by atoms with Crippen molar-refractivity contribution in [1.29, 1.82) is 0 Å². The van der Waals surface area contributed by atoms with Crippen molar-refractivity contribution < 1.29 is 0 Å². The molecular formula is C13H14Cl2. The lowest BCUT2D eigenvalue weighted by Crippen LogP contribution is -1.97. The number of allylic oxidation sites excluding steroid dienone is 2. The minimum absolute atomic E-state index is 0.610. The van der Waals surface area contributed by atoms with Crippen molar-refractivity contribution in [2.24, 2.45) is 0 Å². The van der Waals surface area contributed by atoms with Gasteiger partial charge in [-0.15, -0.1) is 13.2 Å². The highest BCUT2D eigenvalue weighted by molar-refractivity contribution is 6.42. The molecular weight excluding hydrogens is 227 g/mol. The van der Waals surface area contributed by atoms with Gasteiger partial charge in [-0.25, -0.2) is 0 Å². The van der Waals surface area contributed by atoms with Gasteiger partial charge >= 0.3 is 0 Å². The van der Waals surface area contributed by atoms with Crippen LogP contribution in [0.5, 0.6) is 0 Å². The second-order valence-corrected chi connectivity index (χ2v) is 4.21. The molecule has 0 bridgehead atoms. The molecule has 0 fully saturated rings. The molecule has 0 aliphatic heterocycles. The lowest BCUT2D eigenvalue weighted by atomic mass is 9.97. The van der Waals surface area contributed by atoms with Crippen LogP contribution in [-0.4, -0.2) is 0 Å². The van der Waals surface area contributed by atoms with Crippen molar-refractivity contribution in [2.45, 2.75) is 19.8 Å². The van der Waals surface area contributed by atoms with Gasteiger partial charge in [0.05, 0.1) is 10.0 Å². The van der Waals surface area contributed by atoms with Crippen LogP contribution in [0.3, 0.4) is 0 Å². The SMILES string of the molecule is C=CCc1cc(Cl)c(Cl)c(C)c1CC=C. The summed E-state index contributed by atoms with van der Waals surface area (Å²) in [7, 11) is 0. The van der Waals surface area contributed by atoms with Crippen LogP contribution >= 0.6 is 23.2 Å². The smallest absolute Gasteiger partial charge is 0.0624 e. The minimum Gasteiger partial charge on any atom is -0.103 e. The summed E-state index contributed by atoms with van der Waals surface area (Å²) in [5.74, 6) is 0. The fourth-order valence-electron chi connectivity index (χ4n) is 1.62. The first-order chi connectivity index (χ1) is 7.11. The van der Waals surface area contributed by atoms with Gasteiger partial charge in [-0.1, -0.05) is 35.4 Å². The van der Waals surface area contributed by atoms with Crippen molar-refractivity contribution in [1.82, 2.24) is 0 Å². The highest BCUT2D eigenvalue weighted by atomic mass is 35.5. The normalized spacial score (nSPS) is 10.1. The Morgan fingerprint density at radius 2 is 1.80 bits per heavy atom. The van der Waals surface area contributed by atoms with Crippen LogP contribution < -0.4 is 0 Å². The van der Waals surface area contributed by atoms with Gasteiger partial charge in [-0.2, -0.15) is 0 Å². The Morgan fingerprint density at radius 1 is 1.20 bits per heavy atom. The Morgan fingerprint density at radius 3 is 2.33 bits per heavy atom. The molecule has 1 rings (SSSR count). The Balaban J connectivity index is 3.35. The highest BCUT2D eigenvalue weighted by Gasteiger charge is 2.10. The second kappa shape index (κ2) is 5.39. The second-order valence-electron chi connectivity index (χ2n) is 3.42. The molecule has 0 saturated heterocycles. The number of halogens is 2. The van der Waals surface area contributed by atoms with Crippen molar-refractivity contribution in [3.8, 4) is 0 Å². The van der Waals surface area contributed by atoms with Gasteiger partial charge in [0.1, 0.15) is 0 Å². The maximum absolute atomic E-state index is 6.10. The van der Waals surface area contributed by atoms with Crippen LogP contribution in [-0.2, 0) is 12.8 Å². The van der Waals surface area contributed by atoms with Gasteiger partial charge in [0, 0.05) is 0 Å². The van der Waals surface area contributed by atoms with Gasteiger partial charge < -0.3 is 0 Å². The van der Waals surface area contributed by atoms with E-state index < -0.39 is 0 Å². The molecule has 0 atom stereocenters. The maximum atomic E-state index is 6.10. The molecule has 2 heteroatoms. The topological polar surface area (TPSA) is 0 Å². The summed E-state index contributed by atoms with van der Waals surface area (Å²) in [4.78, 5) is 0. The van der Waals surface area contributed by atoms with E-state index in [-0.39, 0.29) is 0 Å². The van der Waals surface area contributed by atoms with E-state index in [1.165, 1.54) is 11.1 Å². The predicted molar refractivity (Wildman–Crippen MR) is 69.0 cm³/mol. The molecule has 80 valence electrons. The first kappa shape index (κ1) is 12.4. The summed E-state index contributed by atoms with van der Waals surface area (Å²) in [6, 6.07) is 1.91. The largest absolute Gasteiger partial charge is 0.103 e. The number of hydrogen-bond acceptors (Lipinski definition) is 0. The first-order valence-corrected chi connectivity index (χ1v) is 5.55. The van der Waals surface area contributed by atoms with Crippen LogP contribution in [0.25, 0.3) is 0 Å². The van der Waals surface area contributed by atoms with E-state index in [2.05, 4.69) is 13.2 Å². The zero-order chi connectivity index (χ0) is 11.4. The van der Waals surface area contributed by atoms with Crippen molar-refractivity contribution in [2.75, 3.05) is 0 Å². The summed E-state index contributed by atoms with van der Waals surface area (Å²) < 4.78 is 0. The molecule has 0 aromatic heterocycles. The lowest BCUT2D eigenvalue weighted by molar-refractivity contribution is 1.12. The molecule has 0 saturated carbocycles. The molecule has 0 unspecified atom stereocenters. The molecule has 1 aromatic carbocycles. The molecule has 0 spiro atoms. The van der Waals surface area contributed by atoms with Crippen molar-refractivity contribution in [3.05, 3.63) is 58.1 Å². The molecule has 0 radical (unpaired) electrons. The van der Waals surface area contributed by atoms with Gasteiger partial charge in [0.2, 0.25) is 0 Å². The van der Waals surface area contributed by atoms with E-state index in [9.17, 15) is 0 Å². The Hall–Kier alpha value is -0.720. The predicted octanol–water partition coefficient (Wildman–Crippen LogP) is 4.76. The summed E-state index contributed by atoms with van der Waals surface area (Å²) in [5.41, 5.74) is 3.43. The molecule has 15 heavy (non-hydrogen) atoms. The molecule has 1 aromatic rings. The van der Waals surface area contributed by atoms with E-state index in [4.69, 9.17) is 23.2 Å². The number of hydrogen-bond donors (Lipinski definition) is 0. The fourth-order valence-corrected chi connectivity index (χ4v) is 2.06. The fraction of sp³-hybridized carbons (Fsp3) is 0.231. The van der Waals surface area contributed by atoms with Gasteiger partial charge in [-0.3, -0.25) is 0 Å². The Kier molecular flexibility index (Phi) is 4.44. The minimum atomic E-state index is 0.610. The quantitative estimate of drug-likeness (QED) is 0.666. The van der Waals surface area contributed by atoms with Crippen LogP contribution in [0.4, 0.5) is 0 Å². The van der Waals surface area contributed by atoms with Gasteiger partial charge in [-0.05, 0) is 42.5 Å². The monoisotopic (exact) mass is 240 g/mol. The average Bonchev–Trinajstić information content (AvgIpc) is 2.21. The summed E-state index contributed by atoms with van der Waals surface area (Å²) in [6.07, 6.45) is 5.36. The third kappa shape index (κ3) is 2.64. The van der Waals surface area contributed by atoms with Crippen LogP contribution in [0.2, 0.25) is 10.0 Å². The molecule has 0 nitrogen and oxygen atoms in total. The van der Waals surface area contributed by atoms with Gasteiger partial charge in [0.25, 0.3) is 0 Å². The van der Waals surface area contributed by atoms with Crippen LogP contribution in [0.1, 0.15) is 16.7 Å². The standard InChI is InChI=1S/C13H14Cl2/c1-4-6-10-8-12(14)13(15)9(3)11(10)7-5-2/h4-5,8H,1-2,6-7H2,3H3. The summed E-state index contributed by atoms with van der Waals surface area (Å²) >= 11 is 12.1. The summed E-state index contributed by atoms with van der Waals surface area (Å²) in [5, 5.41) is 1.25. The van der Waals surface area contributed by atoms with E-state index in [0.717, 1.165) is 18.4 Å².